The summed E-state index contributed by atoms with van der Waals surface area (Å²) in [5.74, 6) is 0.875. The van der Waals surface area contributed by atoms with Gasteiger partial charge in [0, 0.05) is 37.9 Å². The van der Waals surface area contributed by atoms with E-state index in [-0.39, 0.29) is 0 Å². The van der Waals surface area contributed by atoms with Crippen molar-refractivity contribution in [3.8, 4) is 0 Å². The van der Waals surface area contributed by atoms with Crippen molar-refractivity contribution in [1.82, 2.24) is 20.5 Å². The quantitative estimate of drug-likeness (QED) is 0.656. The minimum absolute atomic E-state index is 0.492. The van der Waals surface area contributed by atoms with Crippen LogP contribution in [0.4, 0.5) is 0 Å². The van der Waals surface area contributed by atoms with E-state index in [0.29, 0.717) is 18.6 Å². The van der Waals surface area contributed by atoms with E-state index in [0.717, 1.165) is 24.2 Å². The van der Waals surface area contributed by atoms with Crippen LogP contribution in [-0.2, 0) is 6.54 Å². The topological polar surface area (TPSA) is 52.6 Å². The maximum atomic E-state index is 4.42. The Labute approximate surface area is 133 Å². The molecule has 1 saturated heterocycles. The predicted molar refractivity (Wildman–Crippen MR) is 89.9 cm³/mol. The minimum atomic E-state index is 0.492. The van der Waals surface area contributed by atoms with Crippen molar-refractivity contribution in [2.75, 3.05) is 13.6 Å². The minimum Gasteiger partial charge on any atom is -0.352 e. The molecule has 1 aromatic heterocycles. The fraction of sp³-hybridized carbons (Fsp3) is 0.647. The first-order chi connectivity index (χ1) is 10.7. The lowest BCUT2D eigenvalue weighted by atomic mass is 10.2. The second-order valence-corrected chi connectivity index (χ2v) is 6.55. The number of guanidine groups is 1. The van der Waals surface area contributed by atoms with Crippen LogP contribution in [0.2, 0.25) is 0 Å². The molecule has 1 saturated carbocycles. The van der Waals surface area contributed by atoms with Crippen LogP contribution in [-0.4, -0.2) is 47.6 Å². The van der Waals surface area contributed by atoms with Crippen LogP contribution in [0.15, 0.2) is 23.3 Å². The largest absolute Gasteiger partial charge is 0.352 e. The van der Waals surface area contributed by atoms with Crippen LogP contribution < -0.4 is 10.6 Å². The lowest BCUT2D eigenvalue weighted by Crippen LogP contribution is -2.44. The monoisotopic (exact) mass is 301 g/mol. The summed E-state index contributed by atoms with van der Waals surface area (Å²) >= 11 is 0. The zero-order chi connectivity index (χ0) is 15.5. The standard InChI is InChI=1S/C17H27N5/c1-12-5-4-8-19-16(12)10-20-17(18-3)21-14-9-13(2)22(11-14)15-6-7-15/h4-5,8,13-15H,6-7,9-11H2,1-3H3,(H2,18,20,21). The molecular weight excluding hydrogens is 274 g/mol. The van der Waals surface area contributed by atoms with Gasteiger partial charge in [0.15, 0.2) is 5.96 Å². The molecule has 2 unspecified atom stereocenters. The number of pyridine rings is 1. The summed E-state index contributed by atoms with van der Waals surface area (Å²) in [7, 11) is 1.83. The average Bonchev–Trinajstić information content (AvgIpc) is 3.29. The SMILES string of the molecule is CN=C(NCc1ncccc1C)NC1CC(C)N(C2CC2)C1. The van der Waals surface area contributed by atoms with E-state index in [9.17, 15) is 0 Å². The number of aryl methyl sites for hydroxylation is 1. The molecule has 0 aromatic carbocycles. The zero-order valence-electron chi connectivity index (χ0n) is 13.8. The molecule has 1 aliphatic carbocycles. The van der Waals surface area contributed by atoms with E-state index in [2.05, 4.69) is 45.4 Å². The molecule has 2 aliphatic rings. The molecule has 2 atom stereocenters. The molecule has 2 heterocycles. The summed E-state index contributed by atoms with van der Waals surface area (Å²) in [6.45, 7) is 6.27. The van der Waals surface area contributed by atoms with Gasteiger partial charge in [0.1, 0.15) is 0 Å². The molecule has 0 radical (unpaired) electrons. The first kappa shape index (κ1) is 15.3. The highest BCUT2D eigenvalue weighted by atomic mass is 15.3. The van der Waals surface area contributed by atoms with Crippen molar-refractivity contribution in [2.24, 2.45) is 4.99 Å². The molecule has 1 aliphatic heterocycles. The number of aromatic nitrogens is 1. The maximum Gasteiger partial charge on any atom is 0.191 e. The van der Waals surface area contributed by atoms with Gasteiger partial charge in [-0.15, -0.1) is 0 Å². The molecule has 2 fully saturated rings. The Balaban J connectivity index is 1.51. The number of aliphatic imine (C=N–C) groups is 1. The Morgan fingerprint density at radius 2 is 2.27 bits per heavy atom. The van der Waals surface area contributed by atoms with Crippen LogP contribution in [0, 0.1) is 6.92 Å². The van der Waals surface area contributed by atoms with Gasteiger partial charge in [-0.25, -0.2) is 0 Å². The van der Waals surface area contributed by atoms with Crippen LogP contribution in [0.1, 0.15) is 37.4 Å². The Morgan fingerprint density at radius 1 is 1.45 bits per heavy atom. The smallest absolute Gasteiger partial charge is 0.191 e. The molecule has 5 nitrogen and oxygen atoms in total. The number of hydrogen-bond donors (Lipinski definition) is 2. The number of nitrogens with one attached hydrogen (secondary N) is 2. The molecule has 1 aromatic rings. The highest BCUT2D eigenvalue weighted by Gasteiger charge is 2.38. The zero-order valence-corrected chi connectivity index (χ0v) is 13.8. The van der Waals surface area contributed by atoms with Gasteiger partial charge in [0.05, 0.1) is 12.2 Å². The van der Waals surface area contributed by atoms with Crippen molar-refractivity contribution in [2.45, 2.75) is 57.8 Å². The molecular formula is C17H27N5. The molecule has 5 heteroatoms. The summed E-state index contributed by atoms with van der Waals surface area (Å²) < 4.78 is 0. The fourth-order valence-corrected chi connectivity index (χ4v) is 3.33. The third-order valence-electron chi connectivity index (χ3n) is 4.74. The van der Waals surface area contributed by atoms with E-state index >= 15 is 0 Å². The Bertz CT molecular complexity index is 538. The number of nitrogens with zero attached hydrogens (tertiary/aromatic N) is 3. The molecule has 0 bridgehead atoms. The third kappa shape index (κ3) is 3.58. The van der Waals surface area contributed by atoms with E-state index in [4.69, 9.17) is 0 Å². The average molecular weight is 301 g/mol. The first-order valence-electron chi connectivity index (χ1n) is 8.30. The van der Waals surface area contributed by atoms with Gasteiger partial charge in [-0.1, -0.05) is 6.07 Å². The molecule has 120 valence electrons. The van der Waals surface area contributed by atoms with Crippen molar-refractivity contribution >= 4 is 5.96 Å². The molecule has 3 rings (SSSR count). The van der Waals surface area contributed by atoms with Gasteiger partial charge < -0.3 is 10.6 Å². The second kappa shape index (κ2) is 6.65. The van der Waals surface area contributed by atoms with Crippen LogP contribution >= 0.6 is 0 Å². The van der Waals surface area contributed by atoms with Gasteiger partial charge in [-0.2, -0.15) is 0 Å². The molecule has 0 spiro atoms. The Morgan fingerprint density at radius 3 is 2.95 bits per heavy atom. The van der Waals surface area contributed by atoms with Gasteiger partial charge >= 0.3 is 0 Å². The van der Waals surface area contributed by atoms with Gasteiger partial charge in [-0.05, 0) is 44.7 Å². The Kier molecular flexibility index (Phi) is 4.62. The molecule has 2 N–H and O–H groups in total. The summed E-state index contributed by atoms with van der Waals surface area (Å²) in [4.78, 5) is 11.4. The third-order valence-corrected chi connectivity index (χ3v) is 4.74. The fourth-order valence-electron chi connectivity index (χ4n) is 3.33. The van der Waals surface area contributed by atoms with E-state index < -0.39 is 0 Å². The summed E-state index contributed by atoms with van der Waals surface area (Å²) in [5.41, 5.74) is 2.28. The number of hydrogen-bond acceptors (Lipinski definition) is 3. The van der Waals surface area contributed by atoms with Crippen molar-refractivity contribution in [1.29, 1.82) is 0 Å². The Hall–Kier alpha value is -1.62. The molecule has 0 amide bonds. The maximum absolute atomic E-state index is 4.42. The first-order valence-corrected chi connectivity index (χ1v) is 8.30. The lowest BCUT2D eigenvalue weighted by molar-refractivity contribution is 0.256. The highest BCUT2D eigenvalue weighted by Crippen LogP contribution is 2.33. The van der Waals surface area contributed by atoms with Gasteiger partial charge in [0.25, 0.3) is 0 Å². The highest BCUT2D eigenvalue weighted by molar-refractivity contribution is 5.80. The summed E-state index contributed by atoms with van der Waals surface area (Å²) in [6.07, 6.45) is 5.79. The number of likely N-dealkylation sites (tertiary alicyclic amines) is 1. The van der Waals surface area contributed by atoms with Gasteiger partial charge in [0.2, 0.25) is 0 Å². The van der Waals surface area contributed by atoms with Crippen LogP contribution in [0.3, 0.4) is 0 Å². The van der Waals surface area contributed by atoms with Crippen LogP contribution in [0.5, 0.6) is 0 Å². The van der Waals surface area contributed by atoms with Gasteiger partial charge in [-0.3, -0.25) is 14.9 Å². The van der Waals surface area contributed by atoms with E-state index in [1.54, 1.807) is 0 Å². The van der Waals surface area contributed by atoms with E-state index in [1.807, 2.05) is 19.3 Å². The van der Waals surface area contributed by atoms with Crippen molar-refractivity contribution in [3.05, 3.63) is 29.6 Å². The van der Waals surface area contributed by atoms with Crippen molar-refractivity contribution < 1.29 is 0 Å². The molecule has 22 heavy (non-hydrogen) atoms. The lowest BCUT2D eigenvalue weighted by Gasteiger charge is -2.20. The summed E-state index contributed by atoms with van der Waals surface area (Å²) in [5, 5.41) is 6.95. The second-order valence-electron chi connectivity index (χ2n) is 6.55. The van der Waals surface area contributed by atoms with Crippen LogP contribution in [0.25, 0.3) is 0 Å². The van der Waals surface area contributed by atoms with Crippen molar-refractivity contribution in [3.63, 3.8) is 0 Å². The normalized spacial score (nSPS) is 26.2. The predicted octanol–water partition coefficient (Wildman–Crippen LogP) is 1.68. The van der Waals surface area contributed by atoms with E-state index in [1.165, 1.54) is 24.8 Å². The summed E-state index contributed by atoms with van der Waals surface area (Å²) in [6, 6.07) is 6.07. The number of rotatable bonds is 4.